The topological polar surface area (TPSA) is 30.0 Å². The maximum atomic E-state index is 13.8. The molecule has 0 aliphatic carbocycles. The number of carbonyl (C=O) groups excluding carboxylic acids is 1. The molecule has 0 fully saturated rings. The molecule has 1 aromatic heterocycles. The molecule has 1 aromatic carbocycles. The predicted octanol–water partition coefficient (Wildman–Crippen LogP) is 4.34. The lowest BCUT2D eigenvalue weighted by Crippen LogP contribution is -1.97. The third-order valence-corrected chi connectivity index (χ3v) is 3.79. The van der Waals surface area contributed by atoms with Crippen LogP contribution in [0.2, 0.25) is 0 Å². The van der Waals surface area contributed by atoms with E-state index in [1.54, 1.807) is 18.3 Å². The summed E-state index contributed by atoms with van der Waals surface area (Å²) in [6.45, 7) is 1.42. The van der Waals surface area contributed by atoms with Crippen LogP contribution < -0.4 is 0 Å². The molecule has 0 amide bonds. The highest BCUT2D eigenvalue weighted by Crippen LogP contribution is 2.32. The number of pyridine rings is 1. The number of Topliss-reactive ketones (excluding diaryl/α,β-unsaturated/α-hetero) is 1. The van der Waals surface area contributed by atoms with Gasteiger partial charge in [-0.1, -0.05) is 23.9 Å². The highest BCUT2D eigenvalue weighted by Gasteiger charge is 2.13. The van der Waals surface area contributed by atoms with Gasteiger partial charge in [0.15, 0.2) is 5.78 Å². The normalized spacial score (nSPS) is 10.4. The van der Waals surface area contributed by atoms with Crippen LogP contribution in [-0.4, -0.2) is 10.8 Å². The molecule has 0 unspecified atom stereocenters. The van der Waals surface area contributed by atoms with Gasteiger partial charge in [-0.25, -0.2) is 9.37 Å². The van der Waals surface area contributed by atoms with Crippen molar-refractivity contribution in [2.75, 3.05) is 0 Å². The Morgan fingerprint density at radius 1 is 1.33 bits per heavy atom. The Morgan fingerprint density at radius 2 is 2.11 bits per heavy atom. The molecule has 2 aromatic rings. The van der Waals surface area contributed by atoms with E-state index < -0.39 is 5.82 Å². The molecule has 0 saturated carbocycles. The van der Waals surface area contributed by atoms with E-state index >= 15 is 0 Å². The van der Waals surface area contributed by atoms with Crippen LogP contribution in [-0.2, 0) is 0 Å². The summed E-state index contributed by atoms with van der Waals surface area (Å²) >= 11 is 4.43. The maximum absolute atomic E-state index is 13.8. The van der Waals surface area contributed by atoms with E-state index in [9.17, 15) is 9.18 Å². The minimum Gasteiger partial charge on any atom is -0.294 e. The molecule has 2 nitrogen and oxygen atoms in total. The Balaban J connectivity index is 2.39. The Labute approximate surface area is 117 Å². The molecule has 5 heteroatoms. The van der Waals surface area contributed by atoms with Crippen molar-refractivity contribution < 1.29 is 9.18 Å². The van der Waals surface area contributed by atoms with Crippen LogP contribution in [0.5, 0.6) is 0 Å². The molecular formula is C13H9BrFNOS. The molecule has 0 spiro atoms. The first-order valence-corrected chi connectivity index (χ1v) is 6.78. The van der Waals surface area contributed by atoms with E-state index in [1.165, 1.54) is 19.1 Å². The van der Waals surface area contributed by atoms with Crippen molar-refractivity contribution in [3.63, 3.8) is 0 Å². The standard InChI is InChI=1S/C13H9BrFNOS/c1-8(17)10-3-2-4-11(15)13(10)18-12-6-5-9(14)7-16-12/h2-7H,1H3. The number of rotatable bonds is 3. The third kappa shape index (κ3) is 2.97. The molecule has 0 atom stereocenters. The molecule has 0 N–H and O–H groups in total. The van der Waals surface area contributed by atoms with E-state index in [-0.39, 0.29) is 5.78 Å². The number of hydrogen-bond donors (Lipinski definition) is 0. The Bertz CT molecular complexity index is 586. The van der Waals surface area contributed by atoms with Crippen LogP contribution in [0.15, 0.2) is 50.9 Å². The molecule has 92 valence electrons. The van der Waals surface area contributed by atoms with Crippen molar-refractivity contribution in [2.45, 2.75) is 16.8 Å². The Kier molecular flexibility index (Phi) is 4.14. The fourth-order valence-corrected chi connectivity index (χ4v) is 2.59. The van der Waals surface area contributed by atoms with Crippen molar-refractivity contribution >= 4 is 33.5 Å². The van der Waals surface area contributed by atoms with Crippen molar-refractivity contribution in [2.24, 2.45) is 0 Å². The van der Waals surface area contributed by atoms with Gasteiger partial charge in [0.05, 0.1) is 4.90 Å². The summed E-state index contributed by atoms with van der Waals surface area (Å²) in [5.74, 6) is -0.563. The van der Waals surface area contributed by atoms with E-state index in [0.717, 1.165) is 16.2 Å². The van der Waals surface area contributed by atoms with Gasteiger partial charge in [0.25, 0.3) is 0 Å². The first-order valence-electron chi connectivity index (χ1n) is 5.17. The van der Waals surface area contributed by atoms with Crippen LogP contribution >= 0.6 is 27.7 Å². The molecule has 0 saturated heterocycles. The summed E-state index contributed by atoms with van der Waals surface area (Å²) in [6, 6.07) is 8.08. The number of aromatic nitrogens is 1. The van der Waals surface area contributed by atoms with Crippen molar-refractivity contribution in [1.82, 2.24) is 4.98 Å². The van der Waals surface area contributed by atoms with Crippen molar-refractivity contribution in [1.29, 1.82) is 0 Å². The van der Waals surface area contributed by atoms with Gasteiger partial charge >= 0.3 is 0 Å². The molecule has 2 rings (SSSR count). The van der Waals surface area contributed by atoms with Crippen LogP contribution in [0.25, 0.3) is 0 Å². The lowest BCUT2D eigenvalue weighted by Gasteiger charge is -2.07. The summed E-state index contributed by atoms with van der Waals surface area (Å²) in [5.41, 5.74) is 0.379. The molecule has 0 bridgehead atoms. The molecule has 18 heavy (non-hydrogen) atoms. The number of halogens is 2. The predicted molar refractivity (Wildman–Crippen MR) is 72.5 cm³/mol. The number of ketones is 1. The lowest BCUT2D eigenvalue weighted by atomic mass is 10.1. The molecule has 0 aliphatic rings. The van der Waals surface area contributed by atoms with E-state index in [2.05, 4.69) is 20.9 Å². The zero-order chi connectivity index (χ0) is 13.1. The van der Waals surface area contributed by atoms with Gasteiger partial charge in [-0.3, -0.25) is 4.79 Å². The van der Waals surface area contributed by atoms with Crippen LogP contribution in [0.3, 0.4) is 0 Å². The minimum atomic E-state index is -0.405. The quantitative estimate of drug-likeness (QED) is 0.786. The van der Waals surface area contributed by atoms with E-state index in [4.69, 9.17) is 0 Å². The molecule has 0 radical (unpaired) electrons. The highest BCUT2D eigenvalue weighted by molar-refractivity contribution is 9.10. The van der Waals surface area contributed by atoms with Crippen LogP contribution in [0, 0.1) is 5.82 Å². The van der Waals surface area contributed by atoms with Crippen molar-refractivity contribution in [3.8, 4) is 0 Å². The Morgan fingerprint density at radius 3 is 2.72 bits per heavy atom. The second kappa shape index (κ2) is 5.63. The SMILES string of the molecule is CC(=O)c1cccc(F)c1Sc1ccc(Br)cn1. The molecule has 0 aliphatic heterocycles. The molecular weight excluding hydrogens is 317 g/mol. The van der Waals surface area contributed by atoms with Crippen LogP contribution in [0.4, 0.5) is 4.39 Å². The van der Waals surface area contributed by atoms with Gasteiger partial charge < -0.3 is 0 Å². The summed E-state index contributed by atoms with van der Waals surface area (Å²) in [5, 5.41) is 0.644. The number of benzene rings is 1. The fourth-order valence-electron chi connectivity index (χ4n) is 1.42. The molecule has 1 heterocycles. The van der Waals surface area contributed by atoms with Gasteiger partial charge in [0.1, 0.15) is 10.8 Å². The second-order valence-electron chi connectivity index (χ2n) is 3.59. The summed E-state index contributed by atoms with van der Waals surface area (Å²) in [4.78, 5) is 15.9. The smallest absolute Gasteiger partial charge is 0.161 e. The Hall–Kier alpha value is -1.20. The number of hydrogen-bond acceptors (Lipinski definition) is 3. The van der Waals surface area contributed by atoms with Gasteiger partial charge in [0, 0.05) is 16.2 Å². The third-order valence-electron chi connectivity index (χ3n) is 2.25. The van der Waals surface area contributed by atoms with Gasteiger partial charge in [0.2, 0.25) is 0 Å². The van der Waals surface area contributed by atoms with Gasteiger partial charge in [-0.15, -0.1) is 0 Å². The summed E-state index contributed by atoms with van der Waals surface area (Å²) < 4.78 is 14.6. The largest absolute Gasteiger partial charge is 0.294 e. The highest BCUT2D eigenvalue weighted by atomic mass is 79.9. The maximum Gasteiger partial charge on any atom is 0.161 e. The van der Waals surface area contributed by atoms with Gasteiger partial charge in [-0.2, -0.15) is 0 Å². The first kappa shape index (κ1) is 13.2. The zero-order valence-corrected chi connectivity index (χ0v) is 11.9. The van der Waals surface area contributed by atoms with Crippen LogP contribution in [0.1, 0.15) is 17.3 Å². The average molecular weight is 326 g/mol. The fraction of sp³-hybridized carbons (Fsp3) is 0.0769. The zero-order valence-electron chi connectivity index (χ0n) is 9.48. The van der Waals surface area contributed by atoms with E-state index in [0.29, 0.717) is 15.5 Å². The number of nitrogens with zero attached hydrogens (tertiary/aromatic N) is 1. The lowest BCUT2D eigenvalue weighted by molar-refractivity contribution is 0.101. The van der Waals surface area contributed by atoms with E-state index in [1.807, 2.05) is 6.07 Å². The average Bonchev–Trinajstić information content (AvgIpc) is 2.34. The van der Waals surface area contributed by atoms with Crippen molar-refractivity contribution in [3.05, 3.63) is 52.4 Å². The summed E-state index contributed by atoms with van der Waals surface area (Å²) in [6.07, 6.45) is 1.64. The monoisotopic (exact) mass is 325 g/mol. The number of carbonyl (C=O) groups is 1. The first-order chi connectivity index (χ1) is 8.58. The second-order valence-corrected chi connectivity index (χ2v) is 5.54. The minimum absolute atomic E-state index is 0.158. The summed E-state index contributed by atoms with van der Waals surface area (Å²) in [7, 11) is 0. The van der Waals surface area contributed by atoms with Gasteiger partial charge in [-0.05, 0) is 41.1 Å².